The summed E-state index contributed by atoms with van der Waals surface area (Å²) >= 11 is 2.05. The van der Waals surface area contributed by atoms with Crippen LogP contribution in [-0.2, 0) is 0 Å². The second-order valence-corrected chi connectivity index (χ2v) is 5.99. The molecular weight excluding hydrogens is 244 g/mol. The molecule has 1 unspecified atom stereocenters. The Hall–Kier alpha value is -1.07. The number of hydrogen-bond acceptors (Lipinski definition) is 4. The Morgan fingerprint density at radius 1 is 1.33 bits per heavy atom. The lowest BCUT2D eigenvalue weighted by Crippen LogP contribution is -2.35. The summed E-state index contributed by atoms with van der Waals surface area (Å²) in [5.74, 6) is 3.54. The minimum atomic E-state index is 0.246. The first kappa shape index (κ1) is 12.0. The molecule has 1 aliphatic rings. The van der Waals surface area contributed by atoms with E-state index in [1.165, 1.54) is 24.3 Å². The highest BCUT2D eigenvalue weighted by atomic mass is 32.2. The third-order valence-electron chi connectivity index (χ3n) is 3.43. The first-order chi connectivity index (χ1) is 8.84. The summed E-state index contributed by atoms with van der Waals surface area (Å²) in [7, 11) is 0. The van der Waals surface area contributed by atoms with Crippen LogP contribution in [0.15, 0.2) is 24.4 Å². The molecule has 1 aliphatic heterocycles. The average Bonchev–Trinajstić information content (AvgIpc) is 2.84. The molecule has 1 atom stereocenters. The zero-order valence-corrected chi connectivity index (χ0v) is 11.4. The molecule has 3 heterocycles. The van der Waals surface area contributed by atoms with Gasteiger partial charge in [-0.15, -0.1) is 10.2 Å². The van der Waals surface area contributed by atoms with Crippen LogP contribution < -0.4 is 5.32 Å². The van der Waals surface area contributed by atoms with Crippen molar-refractivity contribution in [2.24, 2.45) is 0 Å². The number of thioether (sulfide) groups is 1. The summed E-state index contributed by atoms with van der Waals surface area (Å²) in [4.78, 5) is 0. The van der Waals surface area contributed by atoms with Crippen LogP contribution in [0.1, 0.15) is 31.6 Å². The zero-order chi connectivity index (χ0) is 12.4. The van der Waals surface area contributed by atoms with Crippen molar-refractivity contribution in [2.45, 2.75) is 31.8 Å². The largest absolute Gasteiger partial charge is 0.305 e. The maximum atomic E-state index is 4.31. The van der Waals surface area contributed by atoms with Crippen molar-refractivity contribution in [3.05, 3.63) is 30.2 Å². The smallest absolute Gasteiger partial charge is 0.160 e. The maximum Gasteiger partial charge on any atom is 0.160 e. The minimum absolute atomic E-state index is 0.246. The molecule has 0 spiro atoms. The molecular formula is C13H18N4S. The molecule has 1 fully saturated rings. The standard InChI is InChI=1S/C13H18N4S/c1-10(14-11-5-8-18-9-6-11)13-16-15-12-4-2-3-7-17(12)13/h2-4,7,10-11,14H,5-6,8-9H2,1H3. The van der Waals surface area contributed by atoms with Crippen LogP contribution in [0.25, 0.3) is 5.65 Å². The van der Waals surface area contributed by atoms with Crippen molar-refractivity contribution >= 4 is 17.4 Å². The van der Waals surface area contributed by atoms with Crippen LogP contribution in [-0.4, -0.2) is 32.1 Å². The lowest BCUT2D eigenvalue weighted by Gasteiger charge is -2.25. The number of aromatic nitrogens is 3. The first-order valence-corrected chi connectivity index (χ1v) is 7.63. The van der Waals surface area contributed by atoms with E-state index in [0.717, 1.165) is 11.5 Å². The van der Waals surface area contributed by atoms with Crippen LogP contribution in [0.5, 0.6) is 0 Å². The van der Waals surface area contributed by atoms with Crippen molar-refractivity contribution in [1.82, 2.24) is 19.9 Å². The van der Waals surface area contributed by atoms with E-state index in [9.17, 15) is 0 Å². The van der Waals surface area contributed by atoms with Gasteiger partial charge in [-0.1, -0.05) is 6.07 Å². The van der Waals surface area contributed by atoms with E-state index in [2.05, 4.69) is 38.6 Å². The monoisotopic (exact) mass is 262 g/mol. The predicted molar refractivity (Wildman–Crippen MR) is 74.9 cm³/mol. The summed E-state index contributed by atoms with van der Waals surface area (Å²) in [5, 5.41) is 12.2. The van der Waals surface area contributed by atoms with Gasteiger partial charge in [0.2, 0.25) is 0 Å². The van der Waals surface area contributed by atoms with Crippen LogP contribution >= 0.6 is 11.8 Å². The molecule has 18 heavy (non-hydrogen) atoms. The van der Waals surface area contributed by atoms with E-state index < -0.39 is 0 Å². The van der Waals surface area contributed by atoms with Gasteiger partial charge < -0.3 is 5.32 Å². The Labute approximate surface area is 111 Å². The van der Waals surface area contributed by atoms with Crippen molar-refractivity contribution < 1.29 is 0 Å². The van der Waals surface area contributed by atoms with Gasteiger partial charge in [0.05, 0.1) is 6.04 Å². The summed E-state index contributed by atoms with van der Waals surface area (Å²) in [6, 6.07) is 6.86. The quantitative estimate of drug-likeness (QED) is 0.921. The van der Waals surface area contributed by atoms with Crippen molar-refractivity contribution in [3.8, 4) is 0 Å². The van der Waals surface area contributed by atoms with Gasteiger partial charge in [0, 0.05) is 12.2 Å². The first-order valence-electron chi connectivity index (χ1n) is 6.48. The summed E-state index contributed by atoms with van der Waals surface area (Å²) in [6.45, 7) is 2.17. The number of pyridine rings is 1. The minimum Gasteiger partial charge on any atom is -0.305 e. The highest BCUT2D eigenvalue weighted by Gasteiger charge is 2.19. The van der Waals surface area contributed by atoms with E-state index in [4.69, 9.17) is 0 Å². The highest BCUT2D eigenvalue weighted by Crippen LogP contribution is 2.20. The van der Waals surface area contributed by atoms with Crippen LogP contribution in [0, 0.1) is 0 Å². The van der Waals surface area contributed by atoms with Crippen LogP contribution in [0.3, 0.4) is 0 Å². The number of nitrogens with one attached hydrogen (secondary N) is 1. The topological polar surface area (TPSA) is 42.2 Å². The highest BCUT2D eigenvalue weighted by molar-refractivity contribution is 7.99. The molecule has 2 aromatic rings. The van der Waals surface area contributed by atoms with Gasteiger partial charge in [0.15, 0.2) is 11.5 Å². The Kier molecular flexibility index (Phi) is 3.52. The normalized spacial score (nSPS) is 19.2. The average molecular weight is 262 g/mol. The third kappa shape index (κ3) is 2.37. The molecule has 0 saturated carbocycles. The molecule has 1 saturated heterocycles. The molecule has 2 aromatic heterocycles. The van der Waals surface area contributed by atoms with Crippen LogP contribution in [0.4, 0.5) is 0 Å². The van der Waals surface area contributed by atoms with Gasteiger partial charge in [-0.25, -0.2) is 0 Å². The lowest BCUT2D eigenvalue weighted by molar-refractivity contribution is 0.418. The lowest BCUT2D eigenvalue weighted by atomic mass is 10.1. The SMILES string of the molecule is CC(NC1CCSCC1)c1nnc2ccccn12. The molecule has 5 heteroatoms. The van der Waals surface area contributed by atoms with Crippen LogP contribution in [0.2, 0.25) is 0 Å². The Morgan fingerprint density at radius 2 is 2.17 bits per heavy atom. The molecule has 0 aromatic carbocycles. The van der Waals surface area contributed by atoms with E-state index >= 15 is 0 Å². The maximum absolute atomic E-state index is 4.31. The Balaban J connectivity index is 1.76. The molecule has 0 amide bonds. The third-order valence-corrected chi connectivity index (χ3v) is 4.48. The van der Waals surface area contributed by atoms with E-state index in [-0.39, 0.29) is 6.04 Å². The fraction of sp³-hybridized carbons (Fsp3) is 0.538. The van der Waals surface area contributed by atoms with Gasteiger partial charge in [-0.05, 0) is 43.4 Å². The van der Waals surface area contributed by atoms with E-state index in [1.54, 1.807) is 0 Å². The van der Waals surface area contributed by atoms with E-state index in [0.29, 0.717) is 6.04 Å². The predicted octanol–water partition coefficient (Wildman–Crippen LogP) is 2.28. The number of nitrogens with zero attached hydrogens (tertiary/aromatic N) is 3. The molecule has 0 bridgehead atoms. The van der Waals surface area contributed by atoms with Gasteiger partial charge in [-0.2, -0.15) is 11.8 Å². The summed E-state index contributed by atoms with van der Waals surface area (Å²) < 4.78 is 2.06. The van der Waals surface area contributed by atoms with Gasteiger partial charge in [-0.3, -0.25) is 4.40 Å². The van der Waals surface area contributed by atoms with Crippen molar-refractivity contribution in [1.29, 1.82) is 0 Å². The molecule has 0 aliphatic carbocycles. The molecule has 96 valence electrons. The zero-order valence-electron chi connectivity index (χ0n) is 10.5. The van der Waals surface area contributed by atoms with Gasteiger partial charge >= 0.3 is 0 Å². The van der Waals surface area contributed by atoms with Crippen molar-refractivity contribution in [2.75, 3.05) is 11.5 Å². The second kappa shape index (κ2) is 5.28. The van der Waals surface area contributed by atoms with Crippen molar-refractivity contribution in [3.63, 3.8) is 0 Å². The molecule has 1 N–H and O–H groups in total. The second-order valence-electron chi connectivity index (χ2n) is 4.76. The summed E-state index contributed by atoms with van der Waals surface area (Å²) in [5.41, 5.74) is 0.917. The number of hydrogen-bond donors (Lipinski definition) is 1. The Morgan fingerprint density at radius 3 is 3.00 bits per heavy atom. The molecule has 0 radical (unpaired) electrons. The Bertz CT molecular complexity index is 518. The fourth-order valence-corrected chi connectivity index (χ4v) is 3.55. The molecule has 4 nitrogen and oxygen atoms in total. The number of fused-ring (bicyclic) bond motifs is 1. The van der Waals surface area contributed by atoms with Gasteiger partial charge in [0.25, 0.3) is 0 Å². The van der Waals surface area contributed by atoms with Gasteiger partial charge in [0.1, 0.15) is 0 Å². The van der Waals surface area contributed by atoms with E-state index in [1.807, 2.05) is 24.4 Å². The number of rotatable bonds is 3. The molecule has 3 rings (SSSR count). The fourth-order valence-electron chi connectivity index (χ4n) is 2.45. The summed E-state index contributed by atoms with van der Waals surface area (Å²) in [6.07, 6.45) is 4.54.